The Kier molecular flexibility index (Phi) is 8.08. The minimum Gasteiger partial charge on any atom is -0.494 e. The molecule has 0 atom stereocenters. The molecule has 0 unspecified atom stereocenters. The maximum atomic E-state index is 11.9. The summed E-state index contributed by atoms with van der Waals surface area (Å²) in [5, 5.41) is 12.3. The first-order valence-corrected chi connectivity index (χ1v) is 10.1. The number of rotatable bonds is 11. The minimum atomic E-state index is -0.279. The van der Waals surface area contributed by atoms with Gasteiger partial charge >= 0.3 is 0 Å². The SMILES string of the molecule is CCCCc1cn(CCCOc2ccc(/C=N/NC(=O)c3ccncc3)cc2)nn1. The van der Waals surface area contributed by atoms with Crippen LogP contribution < -0.4 is 10.2 Å². The van der Waals surface area contributed by atoms with Crippen LogP contribution in [0.3, 0.4) is 0 Å². The van der Waals surface area contributed by atoms with Crippen LogP contribution in [-0.2, 0) is 13.0 Å². The van der Waals surface area contributed by atoms with E-state index in [0.29, 0.717) is 12.2 Å². The Morgan fingerprint density at radius 1 is 1.17 bits per heavy atom. The Morgan fingerprint density at radius 2 is 1.97 bits per heavy atom. The zero-order valence-corrected chi connectivity index (χ0v) is 17.1. The molecule has 1 aromatic carbocycles. The molecule has 2 aromatic heterocycles. The zero-order valence-electron chi connectivity index (χ0n) is 17.1. The van der Waals surface area contributed by atoms with Gasteiger partial charge in [0.1, 0.15) is 5.75 Å². The van der Waals surface area contributed by atoms with Crippen LogP contribution in [0.1, 0.15) is 47.8 Å². The van der Waals surface area contributed by atoms with E-state index in [4.69, 9.17) is 4.74 Å². The van der Waals surface area contributed by atoms with E-state index in [0.717, 1.165) is 49.2 Å². The summed E-state index contributed by atoms with van der Waals surface area (Å²) in [4.78, 5) is 15.8. The molecule has 3 aromatic rings. The van der Waals surface area contributed by atoms with E-state index < -0.39 is 0 Å². The number of nitrogens with zero attached hydrogens (tertiary/aromatic N) is 5. The van der Waals surface area contributed by atoms with Crippen molar-refractivity contribution in [2.75, 3.05) is 6.61 Å². The molecular weight excluding hydrogens is 380 g/mol. The van der Waals surface area contributed by atoms with E-state index in [1.165, 1.54) is 0 Å². The standard InChI is InChI=1S/C22H26N6O2/c1-2-3-5-20-17-28(27-25-20)14-4-15-30-21-8-6-18(7-9-21)16-24-26-22(29)19-10-12-23-13-11-19/h6-13,16-17H,2-5,14-15H2,1H3,(H,26,29)/b24-16+. The number of benzene rings is 1. The molecule has 0 aliphatic rings. The summed E-state index contributed by atoms with van der Waals surface area (Å²) in [6.45, 7) is 3.55. The molecule has 0 aliphatic heterocycles. The van der Waals surface area contributed by atoms with Gasteiger partial charge in [0.05, 0.1) is 18.5 Å². The second-order valence-electron chi connectivity index (χ2n) is 6.78. The Balaban J connectivity index is 1.37. The maximum absolute atomic E-state index is 11.9. The Labute approximate surface area is 176 Å². The van der Waals surface area contributed by atoms with E-state index >= 15 is 0 Å². The van der Waals surface area contributed by atoms with Gasteiger partial charge in [-0.3, -0.25) is 14.5 Å². The highest BCUT2D eigenvalue weighted by Crippen LogP contribution is 2.11. The highest BCUT2D eigenvalue weighted by molar-refractivity contribution is 5.94. The van der Waals surface area contributed by atoms with Gasteiger partial charge in [0, 0.05) is 37.1 Å². The number of ether oxygens (including phenoxy) is 1. The largest absolute Gasteiger partial charge is 0.494 e. The van der Waals surface area contributed by atoms with Crippen molar-refractivity contribution in [1.82, 2.24) is 25.4 Å². The number of aromatic nitrogens is 4. The van der Waals surface area contributed by atoms with Crippen molar-refractivity contribution in [2.24, 2.45) is 5.10 Å². The van der Waals surface area contributed by atoms with Crippen LogP contribution in [0.2, 0.25) is 0 Å². The molecule has 0 aliphatic carbocycles. The molecular formula is C22H26N6O2. The Morgan fingerprint density at radius 3 is 2.73 bits per heavy atom. The third-order valence-corrected chi connectivity index (χ3v) is 4.38. The quantitative estimate of drug-likeness (QED) is 0.300. The first-order chi connectivity index (χ1) is 14.7. The predicted octanol–water partition coefficient (Wildman–Crippen LogP) is 3.25. The number of hydrogen-bond donors (Lipinski definition) is 1. The van der Waals surface area contributed by atoms with E-state index in [-0.39, 0.29) is 5.91 Å². The molecule has 1 amide bonds. The summed E-state index contributed by atoms with van der Waals surface area (Å²) in [5.74, 6) is 0.508. The van der Waals surface area contributed by atoms with Crippen LogP contribution >= 0.6 is 0 Å². The Hall–Kier alpha value is -3.55. The number of amides is 1. The van der Waals surface area contributed by atoms with Crippen LogP contribution in [0, 0.1) is 0 Å². The third-order valence-electron chi connectivity index (χ3n) is 4.38. The number of hydrazone groups is 1. The number of carbonyl (C=O) groups is 1. The van der Waals surface area contributed by atoms with Gasteiger partial charge < -0.3 is 4.74 Å². The number of unbranched alkanes of at least 4 members (excludes halogenated alkanes) is 1. The lowest BCUT2D eigenvalue weighted by Gasteiger charge is -2.06. The number of carbonyl (C=O) groups excluding carboxylic acids is 1. The molecule has 8 nitrogen and oxygen atoms in total. The molecule has 30 heavy (non-hydrogen) atoms. The first kappa shape index (κ1) is 21.2. The highest BCUT2D eigenvalue weighted by Gasteiger charge is 2.02. The number of aryl methyl sites for hydroxylation is 2. The fourth-order valence-corrected chi connectivity index (χ4v) is 2.72. The highest BCUT2D eigenvalue weighted by atomic mass is 16.5. The molecule has 156 valence electrons. The van der Waals surface area contributed by atoms with Crippen LogP contribution in [0.25, 0.3) is 0 Å². The lowest BCUT2D eigenvalue weighted by atomic mass is 10.2. The average molecular weight is 406 g/mol. The second-order valence-corrected chi connectivity index (χ2v) is 6.78. The van der Waals surface area contributed by atoms with Gasteiger partial charge in [-0.15, -0.1) is 5.10 Å². The normalized spacial score (nSPS) is 11.0. The maximum Gasteiger partial charge on any atom is 0.271 e. The second kappa shape index (κ2) is 11.5. The molecule has 0 fully saturated rings. The van der Waals surface area contributed by atoms with Crippen molar-refractivity contribution < 1.29 is 9.53 Å². The van der Waals surface area contributed by atoms with Crippen LogP contribution in [0.5, 0.6) is 5.75 Å². The summed E-state index contributed by atoms with van der Waals surface area (Å²) >= 11 is 0. The first-order valence-electron chi connectivity index (χ1n) is 10.1. The summed E-state index contributed by atoms with van der Waals surface area (Å²) < 4.78 is 7.64. The van der Waals surface area contributed by atoms with Gasteiger partial charge in [-0.25, -0.2) is 5.43 Å². The van der Waals surface area contributed by atoms with Crippen molar-refractivity contribution >= 4 is 12.1 Å². The molecule has 0 radical (unpaired) electrons. The number of nitrogens with one attached hydrogen (secondary N) is 1. The van der Waals surface area contributed by atoms with Gasteiger partial charge in [-0.1, -0.05) is 18.6 Å². The molecule has 1 N–H and O–H groups in total. The van der Waals surface area contributed by atoms with Gasteiger partial charge in [-0.05, 0) is 54.8 Å². The van der Waals surface area contributed by atoms with Gasteiger partial charge in [0.2, 0.25) is 0 Å². The molecule has 0 spiro atoms. The van der Waals surface area contributed by atoms with Crippen molar-refractivity contribution in [3.8, 4) is 5.75 Å². The monoisotopic (exact) mass is 406 g/mol. The van der Waals surface area contributed by atoms with Crippen LogP contribution in [0.15, 0.2) is 60.1 Å². The molecule has 0 saturated carbocycles. The lowest BCUT2D eigenvalue weighted by Crippen LogP contribution is -2.17. The Bertz CT molecular complexity index is 938. The van der Waals surface area contributed by atoms with E-state index in [2.05, 4.69) is 32.7 Å². The average Bonchev–Trinajstić information content (AvgIpc) is 3.24. The lowest BCUT2D eigenvalue weighted by molar-refractivity contribution is 0.0955. The van der Waals surface area contributed by atoms with Gasteiger partial charge in [0.15, 0.2) is 0 Å². The van der Waals surface area contributed by atoms with Crippen molar-refractivity contribution in [1.29, 1.82) is 0 Å². The minimum absolute atomic E-state index is 0.279. The summed E-state index contributed by atoms with van der Waals surface area (Å²) in [5.41, 5.74) is 4.91. The fraction of sp³-hybridized carbons (Fsp3) is 0.318. The molecule has 0 saturated heterocycles. The van der Waals surface area contributed by atoms with Crippen molar-refractivity contribution in [2.45, 2.75) is 39.2 Å². The van der Waals surface area contributed by atoms with E-state index in [9.17, 15) is 4.79 Å². The summed E-state index contributed by atoms with van der Waals surface area (Å²) in [6.07, 6.45) is 10.9. The van der Waals surface area contributed by atoms with Gasteiger partial charge in [0.25, 0.3) is 5.91 Å². The molecule has 0 bridgehead atoms. The van der Waals surface area contributed by atoms with Crippen molar-refractivity contribution in [3.05, 3.63) is 71.8 Å². The number of hydrogen-bond acceptors (Lipinski definition) is 6. The van der Waals surface area contributed by atoms with Crippen molar-refractivity contribution in [3.63, 3.8) is 0 Å². The van der Waals surface area contributed by atoms with E-state index in [1.807, 2.05) is 35.1 Å². The smallest absolute Gasteiger partial charge is 0.271 e. The fourth-order valence-electron chi connectivity index (χ4n) is 2.72. The zero-order chi connectivity index (χ0) is 21.0. The van der Waals surface area contributed by atoms with Gasteiger partial charge in [-0.2, -0.15) is 5.10 Å². The molecule has 3 rings (SSSR count). The third kappa shape index (κ3) is 6.80. The topological polar surface area (TPSA) is 94.3 Å². The molecule has 8 heteroatoms. The summed E-state index contributed by atoms with van der Waals surface area (Å²) in [6, 6.07) is 10.8. The van der Waals surface area contributed by atoms with E-state index in [1.54, 1.807) is 30.7 Å². The summed E-state index contributed by atoms with van der Waals surface area (Å²) in [7, 11) is 0. The predicted molar refractivity (Wildman–Crippen MR) is 114 cm³/mol. The van der Waals surface area contributed by atoms with Crippen LogP contribution in [-0.4, -0.2) is 38.7 Å². The molecule has 2 heterocycles. The van der Waals surface area contributed by atoms with Crippen LogP contribution in [0.4, 0.5) is 0 Å². The number of pyridine rings is 1.